The summed E-state index contributed by atoms with van der Waals surface area (Å²) in [6.07, 6.45) is 11.9. The van der Waals surface area contributed by atoms with Crippen molar-refractivity contribution in [3.63, 3.8) is 0 Å². The van der Waals surface area contributed by atoms with Crippen LogP contribution in [0.15, 0.2) is 41.4 Å². The summed E-state index contributed by atoms with van der Waals surface area (Å²) >= 11 is 3.27. The summed E-state index contributed by atoms with van der Waals surface area (Å²) in [4.78, 5) is 8.51. The van der Waals surface area contributed by atoms with E-state index < -0.39 is 0 Å². The Morgan fingerprint density at radius 3 is 1.77 bits per heavy atom. The Hall–Kier alpha value is -1.38. The first-order valence-corrected chi connectivity index (χ1v) is 8.23. The average Bonchev–Trinajstić information content (AvgIpc) is 3.18. The van der Waals surface area contributed by atoms with Crippen molar-refractivity contribution < 1.29 is 28.5 Å². The Bertz CT molecular complexity index is 700. The maximum Gasteiger partial charge on any atom is 0.205 e. The fourth-order valence-corrected chi connectivity index (χ4v) is 2.96. The van der Waals surface area contributed by atoms with Crippen molar-refractivity contribution in [2.45, 2.75) is 0 Å². The summed E-state index contributed by atoms with van der Waals surface area (Å²) in [6.45, 7) is 0. The fourth-order valence-electron chi connectivity index (χ4n) is 1.90. The van der Waals surface area contributed by atoms with Gasteiger partial charge < -0.3 is 24.0 Å². The smallest absolute Gasteiger partial charge is 0.205 e. The predicted molar refractivity (Wildman–Crippen MR) is 89.7 cm³/mol. The van der Waals surface area contributed by atoms with Gasteiger partial charge in [-0.05, 0) is 18.2 Å². The van der Waals surface area contributed by atoms with Crippen molar-refractivity contribution in [3.05, 3.63) is 62.8 Å². The Balaban J connectivity index is 0.00000176. The first-order valence-electron chi connectivity index (χ1n) is 6.47. The number of thiazole rings is 2. The number of pyridine rings is 1. The summed E-state index contributed by atoms with van der Waals surface area (Å²) in [5, 5.41) is 5.98. The molecule has 0 amide bonds. The first kappa shape index (κ1) is 17.0. The van der Waals surface area contributed by atoms with E-state index in [0.29, 0.717) is 0 Å². The highest BCUT2D eigenvalue weighted by Crippen LogP contribution is 2.11. The highest BCUT2D eigenvalue weighted by molar-refractivity contribution is 7.10. The highest BCUT2D eigenvalue weighted by Gasteiger charge is 2.07. The molecule has 0 N–H and O–H groups in total. The Morgan fingerprint density at radius 2 is 1.36 bits per heavy atom. The zero-order valence-electron chi connectivity index (χ0n) is 11.9. The molecule has 0 radical (unpaired) electrons. The van der Waals surface area contributed by atoms with E-state index in [1.54, 1.807) is 22.7 Å². The molecule has 3 rings (SSSR count). The van der Waals surface area contributed by atoms with Crippen LogP contribution in [0.1, 0.15) is 21.4 Å². The molecule has 0 aromatic carbocycles. The van der Waals surface area contributed by atoms with Crippen LogP contribution in [0.2, 0.25) is 0 Å². The van der Waals surface area contributed by atoms with E-state index in [1.807, 2.05) is 35.3 Å². The number of halogens is 1. The second-order valence-electron chi connectivity index (χ2n) is 4.34. The summed E-state index contributed by atoms with van der Waals surface area (Å²) < 4.78 is 2.15. The predicted octanol–water partition coefficient (Wildman–Crippen LogP) is 0.769. The lowest BCUT2D eigenvalue weighted by Crippen LogP contribution is -3.00. The van der Waals surface area contributed by atoms with Crippen molar-refractivity contribution in [1.82, 2.24) is 9.97 Å². The molecule has 0 unspecified atom stereocenters. The third-order valence-corrected chi connectivity index (χ3v) is 4.49. The molecule has 0 spiro atoms. The Kier molecular flexibility index (Phi) is 6.41. The van der Waals surface area contributed by atoms with Gasteiger partial charge in [0.15, 0.2) is 0 Å². The molecular formula is C16H14IN3S2. The van der Waals surface area contributed by atoms with E-state index >= 15 is 0 Å². The van der Waals surface area contributed by atoms with Crippen LogP contribution in [0.25, 0.3) is 24.3 Å². The molecule has 0 aliphatic rings. The molecule has 0 aliphatic carbocycles. The van der Waals surface area contributed by atoms with Crippen molar-refractivity contribution in [3.8, 4) is 0 Å². The fraction of sp³-hybridized carbons (Fsp3) is 0.0625. The minimum Gasteiger partial charge on any atom is -1.00 e. The van der Waals surface area contributed by atoms with E-state index in [1.165, 1.54) is 0 Å². The maximum absolute atomic E-state index is 4.26. The SMILES string of the molecule is C[n+]1c(/C=C/c2nccs2)cccc1/C=C/c1nccs1.[I-]. The van der Waals surface area contributed by atoms with E-state index in [0.717, 1.165) is 21.4 Å². The number of rotatable bonds is 4. The summed E-state index contributed by atoms with van der Waals surface area (Å²) in [7, 11) is 2.06. The number of hydrogen-bond acceptors (Lipinski definition) is 4. The lowest BCUT2D eigenvalue weighted by molar-refractivity contribution is -0.675. The van der Waals surface area contributed by atoms with Crippen LogP contribution in [0.3, 0.4) is 0 Å². The van der Waals surface area contributed by atoms with Gasteiger partial charge >= 0.3 is 0 Å². The van der Waals surface area contributed by atoms with Gasteiger partial charge in [-0.3, -0.25) is 0 Å². The molecule has 3 nitrogen and oxygen atoms in total. The molecule has 6 heteroatoms. The van der Waals surface area contributed by atoms with Crippen molar-refractivity contribution in [2.24, 2.45) is 7.05 Å². The minimum absolute atomic E-state index is 0. The number of aromatic nitrogens is 3. The van der Waals surface area contributed by atoms with E-state index in [2.05, 4.69) is 51.9 Å². The van der Waals surface area contributed by atoms with Gasteiger partial charge in [0.25, 0.3) is 0 Å². The Morgan fingerprint density at radius 1 is 0.864 bits per heavy atom. The van der Waals surface area contributed by atoms with Crippen molar-refractivity contribution >= 4 is 47.0 Å². The van der Waals surface area contributed by atoms with Crippen molar-refractivity contribution in [2.75, 3.05) is 0 Å². The molecule has 22 heavy (non-hydrogen) atoms. The van der Waals surface area contributed by atoms with Gasteiger partial charge in [0.05, 0.1) is 0 Å². The Labute approximate surface area is 154 Å². The van der Waals surface area contributed by atoms with Crippen LogP contribution in [0.5, 0.6) is 0 Å². The van der Waals surface area contributed by atoms with Crippen LogP contribution in [-0.2, 0) is 7.05 Å². The molecular weight excluding hydrogens is 425 g/mol. The topological polar surface area (TPSA) is 29.7 Å². The zero-order valence-corrected chi connectivity index (χ0v) is 15.7. The highest BCUT2D eigenvalue weighted by atomic mass is 127. The van der Waals surface area contributed by atoms with Gasteiger partial charge in [-0.25, -0.2) is 9.97 Å². The molecule has 3 aromatic heterocycles. The first-order chi connectivity index (χ1) is 10.3. The van der Waals surface area contributed by atoms with Crippen LogP contribution >= 0.6 is 22.7 Å². The molecule has 0 saturated carbocycles. The summed E-state index contributed by atoms with van der Waals surface area (Å²) in [5.74, 6) is 0. The minimum atomic E-state index is 0. The summed E-state index contributed by atoms with van der Waals surface area (Å²) in [5.41, 5.74) is 2.26. The third kappa shape index (κ3) is 4.31. The third-order valence-electron chi connectivity index (χ3n) is 3.00. The van der Waals surface area contributed by atoms with Crippen molar-refractivity contribution in [1.29, 1.82) is 0 Å². The van der Waals surface area contributed by atoms with Crippen LogP contribution in [0.4, 0.5) is 0 Å². The molecule has 0 fully saturated rings. The number of hydrogen-bond donors (Lipinski definition) is 0. The van der Waals surface area contributed by atoms with Crippen LogP contribution < -0.4 is 28.5 Å². The van der Waals surface area contributed by atoms with E-state index in [4.69, 9.17) is 0 Å². The number of nitrogens with zero attached hydrogens (tertiary/aromatic N) is 3. The largest absolute Gasteiger partial charge is 1.00 e. The van der Waals surface area contributed by atoms with Gasteiger partial charge in [0, 0.05) is 47.4 Å². The second kappa shape index (κ2) is 8.30. The van der Waals surface area contributed by atoms with Gasteiger partial charge in [0.1, 0.15) is 17.1 Å². The van der Waals surface area contributed by atoms with E-state index in [-0.39, 0.29) is 24.0 Å². The lowest BCUT2D eigenvalue weighted by atomic mass is 10.2. The molecule has 0 atom stereocenters. The van der Waals surface area contributed by atoms with Crippen LogP contribution in [0, 0.1) is 0 Å². The standard InChI is InChI=1S/C16H14N3S2.HI/c1-19-13(5-7-15-17-9-11-20-15)3-2-4-14(19)6-8-16-18-10-12-21-16;/h2-12H,1H3;1H/q+1;/p-1/b7-5+,8-6+;. The average molecular weight is 439 g/mol. The monoisotopic (exact) mass is 439 g/mol. The van der Waals surface area contributed by atoms with Gasteiger partial charge in [-0.1, -0.05) is 0 Å². The van der Waals surface area contributed by atoms with Gasteiger partial charge in [-0.2, -0.15) is 4.57 Å². The quantitative estimate of drug-likeness (QED) is 0.444. The molecule has 0 bridgehead atoms. The maximum atomic E-state index is 4.26. The second-order valence-corrected chi connectivity index (χ2v) is 6.19. The van der Waals surface area contributed by atoms with Gasteiger partial charge in [-0.15, -0.1) is 22.7 Å². The zero-order chi connectivity index (χ0) is 14.5. The van der Waals surface area contributed by atoms with Crippen LogP contribution in [-0.4, -0.2) is 9.97 Å². The normalized spacial score (nSPS) is 11.1. The van der Waals surface area contributed by atoms with E-state index in [9.17, 15) is 0 Å². The molecule has 0 aliphatic heterocycles. The lowest BCUT2D eigenvalue weighted by Gasteiger charge is -1.97. The molecule has 0 saturated heterocycles. The molecule has 3 aromatic rings. The summed E-state index contributed by atoms with van der Waals surface area (Å²) in [6, 6.07) is 6.23. The van der Waals surface area contributed by atoms with Gasteiger partial charge in [0.2, 0.25) is 11.4 Å². The molecule has 3 heterocycles. The molecule has 112 valence electrons.